The number of rotatable bonds is 7. The van der Waals surface area contributed by atoms with E-state index in [0.29, 0.717) is 0 Å². The number of carbonyl (C=O) groups excluding carboxylic acids is 1. The molecule has 3 aromatic rings. The summed E-state index contributed by atoms with van der Waals surface area (Å²) in [6.07, 6.45) is 0.0577. The third kappa shape index (κ3) is 4.81. The monoisotopic (exact) mass is 391 g/mol. The molecule has 0 aromatic heterocycles. The van der Waals surface area contributed by atoms with Crippen molar-refractivity contribution >= 4 is 23.0 Å². The molecule has 0 aliphatic rings. The molecule has 8 heteroatoms. The summed E-state index contributed by atoms with van der Waals surface area (Å²) in [5, 5.41) is 24.7. The summed E-state index contributed by atoms with van der Waals surface area (Å²) in [6.45, 7) is 0. The van der Waals surface area contributed by atoms with Crippen LogP contribution in [0.15, 0.2) is 78.9 Å². The average Bonchev–Trinajstić information content (AvgIpc) is 2.73. The first-order valence-electron chi connectivity index (χ1n) is 8.78. The smallest absolute Gasteiger partial charge is 0.299 e. The van der Waals surface area contributed by atoms with Crippen molar-refractivity contribution in [2.75, 3.05) is 5.32 Å². The van der Waals surface area contributed by atoms with Crippen molar-refractivity contribution in [2.24, 2.45) is 0 Å². The Morgan fingerprint density at radius 2 is 1.38 bits per heavy atom. The number of benzene rings is 3. The molecule has 0 saturated carbocycles. The fraction of sp³-hybridized carbons (Fsp3) is 0.0952. The first kappa shape index (κ1) is 19.7. The zero-order valence-corrected chi connectivity index (χ0v) is 15.2. The molecule has 0 unspecified atom stereocenters. The van der Waals surface area contributed by atoms with E-state index < -0.39 is 27.1 Å². The molecule has 0 spiro atoms. The number of carbonyl (C=O) groups is 1. The third-order valence-electron chi connectivity index (χ3n) is 4.46. The minimum absolute atomic E-state index is 0.0577. The van der Waals surface area contributed by atoms with Crippen molar-refractivity contribution in [3.63, 3.8) is 0 Å². The van der Waals surface area contributed by atoms with Gasteiger partial charge in [-0.15, -0.1) is 0 Å². The van der Waals surface area contributed by atoms with Gasteiger partial charge in [-0.05, 0) is 17.2 Å². The van der Waals surface area contributed by atoms with E-state index in [0.717, 1.165) is 23.3 Å². The SMILES string of the molecule is O=C(CC(c1ccccc1)c1ccccc1)Nc1ccc([N+](=O)[O-])cc1[N+](=O)[O-]. The number of non-ortho nitro benzene ring substituents is 1. The predicted octanol–water partition coefficient (Wildman–Crippen LogP) is 4.66. The van der Waals surface area contributed by atoms with Gasteiger partial charge in [0.25, 0.3) is 11.4 Å². The maximum absolute atomic E-state index is 12.7. The number of hydrogen-bond acceptors (Lipinski definition) is 5. The summed E-state index contributed by atoms with van der Waals surface area (Å²) in [6, 6.07) is 22.1. The molecule has 0 aliphatic heterocycles. The lowest BCUT2D eigenvalue weighted by Crippen LogP contribution is -2.17. The summed E-state index contributed by atoms with van der Waals surface area (Å²) < 4.78 is 0. The van der Waals surface area contributed by atoms with E-state index >= 15 is 0 Å². The van der Waals surface area contributed by atoms with Gasteiger partial charge in [-0.25, -0.2) is 0 Å². The minimum Gasteiger partial charge on any atom is -0.320 e. The molecule has 8 nitrogen and oxygen atoms in total. The largest absolute Gasteiger partial charge is 0.320 e. The molecule has 29 heavy (non-hydrogen) atoms. The van der Waals surface area contributed by atoms with Crippen molar-refractivity contribution in [3.8, 4) is 0 Å². The molecular weight excluding hydrogens is 374 g/mol. The molecule has 0 fully saturated rings. The predicted molar refractivity (Wildman–Crippen MR) is 108 cm³/mol. The Labute approximate surface area is 166 Å². The number of anilines is 1. The maximum Gasteiger partial charge on any atom is 0.299 e. The van der Waals surface area contributed by atoms with Gasteiger partial charge in [-0.3, -0.25) is 25.0 Å². The van der Waals surface area contributed by atoms with Crippen LogP contribution in [0.1, 0.15) is 23.5 Å². The van der Waals surface area contributed by atoms with Crippen LogP contribution in [-0.4, -0.2) is 15.8 Å². The molecule has 1 N–H and O–H groups in total. The Morgan fingerprint density at radius 3 is 1.86 bits per heavy atom. The van der Waals surface area contributed by atoms with E-state index in [2.05, 4.69) is 5.32 Å². The summed E-state index contributed by atoms with van der Waals surface area (Å²) >= 11 is 0. The number of nitrogens with one attached hydrogen (secondary N) is 1. The topological polar surface area (TPSA) is 115 Å². The summed E-state index contributed by atoms with van der Waals surface area (Å²) in [4.78, 5) is 33.4. The molecule has 3 rings (SSSR count). The van der Waals surface area contributed by atoms with Crippen molar-refractivity contribution in [2.45, 2.75) is 12.3 Å². The van der Waals surface area contributed by atoms with Crippen LogP contribution < -0.4 is 5.32 Å². The van der Waals surface area contributed by atoms with Crippen LogP contribution in [0.3, 0.4) is 0 Å². The summed E-state index contributed by atoms with van der Waals surface area (Å²) in [5.41, 5.74) is 0.856. The van der Waals surface area contributed by atoms with Gasteiger partial charge in [-0.1, -0.05) is 60.7 Å². The van der Waals surface area contributed by atoms with E-state index in [1.807, 2.05) is 60.7 Å². The van der Waals surface area contributed by atoms with Gasteiger partial charge in [0.05, 0.1) is 15.9 Å². The number of nitrogens with zero attached hydrogens (tertiary/aromatic N) is 2. The molecule has 146 valence electrons. The average molecular weight is 391 g/mol. The lowest BCUT2D eigenvalue weighted by molar-refractivity contribution is -0.393. The zero-order valence-electron chi connectivity index (χ0n) is 15.2. The number of nitro benzene ring substituents is 2. The van der Waals surface area contributed by atoms with Crippen LogP contribution in [-0.2, 0) is 4.79 Å². The van der Waals surface area contributed by atoms with Crippen molar-refractivity contribution in [1.82, 2.24) is 0 Å². The van der Waals surface area contributed by atoms with Gasteiger partial charge in [0.1, 0.15) is 5.69 Å². The van der Waals surface area contributed by atoms with E-state index in [1.165, 1.54) is 6.07 Å². The molecule has 0 heterocycles. The summed E-state index contributed by atoms with van der Waals surface area (Å²) in [7, 11) is 0. The second-order valence-electron chi connectivity index (χ2n) is 6.34. The normalized spacial score (nSPS) is 10.5. The van der Waals surface area contributed by atoms with Crippen molar-refractivity contribution in [1.29, 1.82) is 0 Å². The van der Waals surface area contributed by atoms with Crippen LogP contribution in [0.2, 0.25) is 0 Å². The lowest BCUT2D eigenvalue weighted by Gasteiger charge is -2.18. The quantitative estimate of drug-likeness (QED) is 0.464. The van der Waals surface area contributed by atoms with E-state index in [4.69, 9.17) is 0 Å². The maximum atomic E-state index is 12.7. The molecule has 3 aromatic carbocycles. The van der Waals surface area contributed by atoms with E-state index in [-0.39, 0.29) is 18.0 Å². The van der Waals surface area contributed by atoms with Crippen LogP contribution >= 0.6 is 0 Å². The highest BCUT2D eigenvalue weighted by Gasteiger charge is 2.23. The Bertz CT molecular complexity index is 999. The second-order valence-corrected chi connectivity index (χ2v) is 6.34. The van der Waals surface area contributed by atoms with Crippen molar-refractivity contribution < 1.29 is 14.6 Å². The van der Waals surface area contributed by atoms with Crippen LogP contribution in [0, 0.1) is 20.2 Å². The van der Waals surface area contributed by atoms with Gasteiger partial charge >= 0.3 is 0 Å². The van der Waals surface area contributed by atoms with E-state index in [9.17, 15) is 25.0 Å². The van der Waals surface area contributed by atoms with Gasteiger partial charge in [0.2, 0.25) is 5.91 Å². The Hall–Kier alpha value is -4.07. The van der Waals surface area contributed by atoms with Gasteiger partial charge in [0.15, 0.2) is 0 Å². The molecule has 0 saturated heterocycles. The standard InChI is InChI=1S/C21H17N3O5/c25-21(22-19-12-11-17(23(26)27)13-20(19)24(28)29)14-18(15-7-3-1-4-8-15)16-9-5-2-6-10-16/h1-13,18H,14H2,(H,22,25). The number of nitro groups is 2. The number of amides is 1. The molecular formula is C21H17N3O5. The molecule has 0 atom stereocenters. The highest BCUT2D eigenvalue weighted by atomic mass is 16.6. The zero-order chi connectivity index (χ0) is 20.8. The fourth-order valence-electron chi connectivity index (χ4n) is 3.08. The van der Waals surface area contributed by atoms with Crippen LogP contribution in [0.25, 0.3) is 0 Å². The first-order chi connectivity index (χ1) is 14.0. The molecule has 1 amide bonds. The fourth-order valence-corrected chi connectivity index (χ4v) is 3.08. The molecule has 0 bridgehead atoms. The lowest BCUT2D eigenvalue weighted by atomic mass is 9.88. The summed E-state index contributed by atoms with van der Waals surface area (Å²) in [5.74, 6) is -0.672. The van der Waals surface area contributed by atoms with Gasteiger partial charge < -0.3 is 5.32 Å². The highest BCUT2D eigenvalue weighted by Crippen LogP contribution is 2.31. The Balaban J connectivity index is 1.86. The van der Waals surface area contributed by atoms with Gasteiger partial charge in [-0.2, -0.15) is 0 Å². The van der Waals surface area contributed by atoms with E-state index in [1.54, 1.807) is 0 Å². The van der Waals surface area contributed by atoms with Crippen LogP contribution in [0.5, 0.6) is 0 Å². The van der Waals surface area contributed by atoms with Gasteiger partial charge in [0, 0.05) is 18.4 Å². The third-order valence-corrected chi connectivity index (χ3v) is 4.46. The highest BCUT2D eigenvalue weighted by molar-refractivity contribution is 5.94. The molecule has 0 aliphatic carbocycles. The van der Waals surface area contributed by atoms with Crippen molar-refractivity contribution in [3.05, 3.63) is 110 Å². The minimum atomic E-state index is -0.755. The second kappa shape index (κ2) is 8.75. The Morgan fingerprint density at radius 1 is 0.828 bits per heavy atom. The Kier molecular flexibility index (Phi) is 5.94. The van der Waals surface area contributed by atoms with Crippen LogP contribution in [0.4, 0.5) is 17.1 Å². The number of hydrogen-bond donors (Lipinski definition) is 1. The first-order valence-corrected chi connectivity index (χ1v) is 8.78. The molecule has 0 radical (unpaired) electrons.